The molecule has 0 heterocycles. The molecule has 0 aliphatic carbocycles. The molecule has 0 aliphatic rings. The zero-order valence-corrected chi connectivity index (χ0v) is 12.5. The first-order valence-electron chi connectivity index (χ1n) is 6.09. The quantitative estimate of drug-likeness (QED) is 0.690. The van der Waals surface area contributed by atoms with Gasteiger partial charge in [-0.05, 0) is 47.0 Å². The minimum Gasteiger partial charge on any atom is -0.496 e. The van der Waals surface area contributed by atoms with Crippen LogP contribution < -0.4 is 4.74 Å². The summed E-state index contributed by atoms with van der Waals surface area (Å²) < 4.78 is 11.2. The monoisotopic (exact) mass is 314 g/mol. The number of rotatable bonds is 8. The summed E-state index contributed by atoms with van der Waals surface area (Å²) in [5.74, 6) is 1.02. The molecule has 0 unspecified atom stereocenters. The summed E-state index contributed by atoms with van der Waals surface area (Å²) in [4.78, 5) is 11.7. The number of halogens is 1. The first-order valence-corrected chi connectivity index (χ1v) is 6.88. The third kappa shape index (κ3) is 5.19. The number of carbonyl (C=O) groups is 1. The zero-order chi connectivity index (χ0) is 13.4. The Kier molecular flexibility index (Phi) is 6.98. The summed E-state index contributed by atoms with van der Waals surface area (Å²) in [6.07, 6.45) is 1.84. The maximum atomic E-state index is 11.7. The molecule has 0 aliphatic heterocycles. The molecule has 0 bridgehead atoms. The number of benzene rings is 1. The SMILES string of the molecule is CCOCCCC(=O)Cc1ccc(OC)c(Br)c1. The van der Waals surface area contributed by atoms with Crippen molar-refractivity contribution in [2.45, 2.75) is 26.2 Å². The fourth-order valence-corrected chi connectivity index (χ4v) is 2.24. The van der Waals surface area contributed by atoms with Gasteiger partial charge in [0.1, 0.15) is 11.5 Å². The van der Waals surface area contributed by atoms with Gasteiger partial charge in [0.25, 0.3) is 0 Å². The molecule has 18 heavy (non-hydrogen) atoms. The second kappa shape index (κ2) is 8.27. The topological polar surface area (TPSA) is 35.5 Å². The Morgan fingerprint density at radius 2 is 2.17 bits per heavy atom. The predicted molar refractivity (Wildman–Crippen MR) is 75.1 cm³/mol. The Balaban J connectivity index is 2.42. The first-order chi connectivity index (χ1) is 8.67. The van der Waals surface area contributed by atoms with E-state index in [0.29, 0.717) is 26.1 Å². The third-order valence-electron chi connectivity index (χ3n) is 2.57. The van der Waals surface area contributed by atoms with E-state index in [-0.39, 0.29) is 5.78 Å². The molecule has 0 spiro atoms. The van der Waals surface area contributed by atoms with Gasteiger partial charge in [-0.25, -0.2) is 0 Å². The van der Waals surface area contributed by atoms with E-state index in [1.807, 2.05) is 25.1 Å². The van der Waals surface area contributed by atoms with E-state index in [0.717, 1.165) is 22.2 Å². The highest BCUT2D eigenvalue weighted by Gasteiger charge is 2.06. The molecular weight excluding hydrogens is 296 g/mol. The van der Waals surface area contributed by atoms with Crippen LogP contribution in [-0.4, -0.2) is 26.1 Å². The van der Waals surface area contributed by atoms with Crippen LogP contribution in [0.2, 0.25) is 0 Å². The maximum absolute atomic E-state index is 11.7. The maximum Gasteiger partial charge on any atom is 0.137 e. The van der Waals surface area contributed by atoms with Gasteiger partial charge in [0.05, 0.1) is 11.6 Å². The van der Waals surface area contributed by atoms with Gasteiger partial charge in [0.2, 0.25) is 0 Å². The molecule has 4 heteroatoms. The number of carbonyl (C=O) groups excluding carboxylic acids is 1. The van der Waals surface area contributed by atoms with Gasteiger partial charge < -0.3 is 9.47 Å². The van der Waals surface area contributed by atoms with Crippen LogP contribution in [0.15, 0.2) is 22.7 Å². The largest absolute Gasteiger partial charge is 0.496 e. The molecule has 1 aromatic rings. The second-order valence-electron chi connectivity index (χ2n) is 3.98. The summed E-state index contributed by atoms with van der Waals surface area (Å²) in [6, 6.07) is 5.72. The van der Waals surface area contributed by atoms with Crippen LogP contribution in [0.4, 0.5) is 0 Å². The van der Waals surface area contributed by atoms with Crippen molar-refractivity contribution in [1.82, 2.24) is 0 Å². The van der Waals surface area contributed by atoms with Crippen molar-refractivity contribution in [1.29, 1.82) is 0 Å². The minimum absolute atomic E-state index is 0.242. The summed E-state index contributed by atoms with van der Waals surface area (Å²) in [6.45, 7) is 3.32. The number of hydrogen-bond donors (Lipinski definition) is 0. The van der Waals surface area contributed by atoms with Crippen LogP contribution in [0.5, 0.6) is 5.75 Å². The Morgan fingerprint density at radius 3 is 2.78 bits per heavy atom. The van der Waals surface area contributed by atoms with Crippen molar-refractivity contribution in [2.24, 2.45) is 0 Å². The average molecular weight is 315 g/mol. The Bertz CT molecular complexity index is 391. The molecule has 0 saturated carbocycles. The van der Waals surface area contributed by atoms with E-state index < -0.39 is 0 Å². The van der Waals surface area contributed by atoms with Crippen LogP contribution in [0, 0.1) is 0 Å². The molecular formula is C14H19BrO3. The van der Waals surface area contributed by atoms with Gasteiger partial charge in [0, 0.05) is 26.1 Å². The Morgan fingerprint density at radius 1 is 1.39 bits per heavy atom. The molecule has 0 saturated heterocycles. The summed E-state index contributed by atoms with van der Waals surface area (Å²) in [7, 11) is 1.62. The molecule has 0 atom stereocenters. The van der Waals surface area contributed by atoms with Crippen LogP contribution >= 0.6 is 15.9 Å². The van der Waals surface area contributed by atoms with Crippen molar-refractivity contribution in [2.75, 3.05) is 20.3 Å². The molecule has 3 nitrogen and oxygen atoms in total. The van der Waals surface area contributed by atoms with Gasteiger partial charge in [-0.1, -0.05) is 6.07 Å². The molecule has 0 fully saturated rings. The number of ether oxygens (including phenoxy) is 2. The summed E-state index contributed by atoms with van der Waals surface area (Å²) >= 11 is 3.41. The highest BCUT2D eigenvalue weighted by atomic mass is 79.9. The van der Waals surface area contributed by atoms with Crippen LogP contribution in [-0.2, 0) is 16.0 Å². The van der Waals surface area contributed by atoms with Crippen molar-refractivity contribution in [3.05, 3.63) is 28.2 Å². The first kappa shape index (κ1) is 15.2. The van der Waals surface area contributed by atoms with E-state index in [1.165, 1.54) is 0 Å². The number of Topliss-reactive ketones (excluding diaryl/α,β-unsaturated/α-hetero) is 1. The van der Waals surface area contributed by atoms with Crippen molar-refractivity contribution >= 4 is 21.7 Å². The molecule has 0 N–H and O–H groups in total. The molecule has 0 aromatic heterocycles. The zero-order valence-electron chi connectivity index (χ0n) is 10.9. The molecule has 1 rings (SSSR count). The summed E-state index contributed by atoms with van der Waals surface area (Å²) in [5, 5.41) is 0. The van der Waals surface area contributed by atoms with Crippen LogP contribution in [0.25, 0.3) is 0 Å². The van der Waals surface area contributed by atoms with Crippen LogP contribution in [0.1, 0.15) is 25.3 Å². The molecule has 100 valence electrons. The summed E-state index contributed by atoms with van der Waals surface area (Å²) in [5.41, 5.74) is 1.00. The number of hydrogen-bond acceptors (Lipinski definition) is 3. The van der Waals surface area contributed by atoms with E-state index in [9.17, 15) is 4.79 Å². The molecule has 0 amide bonds. The van der Waals surface area contributed by atoms with Gasteiger partial charge in [-0.3, -0.25) is 4.79 Å². The Hall–Kier alpha value is -0.870. The lowest BCUT2D eigenvalue weighted by molar-refractivity contribution is -0.118. The van der Waals surface area contributed by atoms with Crippen molar-refractivity contribution in [3.63, 3.8) is 0 Å². The lowest BCUT2D eigenvalue weighted by Gasteiger charge is -2.06. The number of ketones is 1. The van der Waals surface area contributed by atoms with Crippen molar-refractivity contribution in [3.8, 4) is 5.75 Å². The predicted octanol–water partition coefficient (Wildman–Crippen LogP) is 3.39. The smallest absolute Gasteiger partial charge is 0.137 e. The van der Waals surface area contributed by atoms with E-state index >= 15 is 0 Å². The average Bonchev–Trinajstić information content (AvgIpc) is 2.35. The highest BCUT2D eigenvalue weighted by Crippen LogP contribution is 2.25. The molecule has 0 radical (unpaired) electrons. The van der Waals surface area contributed by atoms with Crippen molar-refractivity contribution < 1.29 is 14.3 Å². The minimum atomic E-state index is 0.242. The van der Waals surface area contributed by atoms with E-state index in [4.69, 9.17) is 9.47 Å². The van der Waals surface area contributed by atoms with E-state index in [1.54, 1.807) is 7.11 Å². The normalized spacial score (nSPS) is 10.4. The lowest BCUT2D eigenvalue weighted by atomic mass is 10.1. The highest BCUT2D eigenvalue weighted by molar-refractivity contribution is 9.10. The van der Waals surface area contributed by atoms with Gasteiger partial charge >= 0.3 is 0 Å². The van der Waals surface area contributed by atoms with Gasteiger partial charge in [-0.15, -0.1) is 0 Å². The van der Waals surface area contributed by atoms with Crippen LogP contribution in [0.3, 0.4) is 0 Å². The number of methoxy groups -OCH3 is 1. The molecule has 1 aromatic carbocycles. The van der Waals surface area contributed by atoms with Gasteiger partial charge in [-0.2, -0.15) is 0 Å². The fraction of sp³-hybridized carbons (Fsp3) is 0.500. The Labute approximate surface area is 117 Å². The second-order valence-corrected chi connectivity index (χ2v) is 4.84. The third-order valence-corrected chi connectivity index (χ3v) is 3.19. The fourth-order valence-electron chi connectivity index (χ4n) is 1.65. The van der Waals surface area contributed by atoms with Gasteiger partial charge in [0.15, 0.2) is 0 Å². The van der Waals surface area contributed by atoms with E-state index in [2.05, 4.69) is 15.9 Å². The standard InChI is InChI=1S/C14H19BrO3/c1-3-18-8-4-5-12(16)9-11-6-7-14(17-2)13(15)10-11/h6-7,10H,3-5,8-9H2,1-2H3. The lowest BCUT2D eigenvalue weighted by Crippen LogP contribution is -2.05.